The van der Waals surface area contributed by atoms with Gasteiger partial charge in [0, 0.05) is 44.4 Å². The molecule has 2 N–H and O–H groups in total. The largest absolute Gasteiger partial charge is 0.497 e. The summed E-state index contributed by atoms with van der Waals surface area (Å²) in [6, 6.07) is 7.14. The molecule has 0 atom stereocenters. The highest BCUT2D eigenvalue weighted by Gasteiger charge is 2.08. The first-order valence-corrected chi connectivity index (χ1v) is 7.23. The topological polar surface area (TPSA) is 85.4 Å². The number of amides is 1. The van der Waals surface area contributed by atoms with E-state index in [4.69, 9.17) is 9.47 Å². The van der Waals surface area contributed by atoms with Gasteiger partial charge < -0.3 is 20.1 Å². The first-order chi connectivity index (χ1) is 11.2. The van der Waals surface area contributed by atoms with Crippen molar-refractivity contribution in [3.63, 3.8) is 0 Å². The van der Waals surface area contributed by atoms with E-state index in [9.17, 15) is 4.79 Å². The Labute approximate surface area is 135 Å². The SMILES string of the molecule is COCCCNc1ncc(C(=O)Nc2cccc(OC)c2)cn1. The van der Waals surface area contributed by atoms with Crippen LogP contribution in [0.4, 0.5) is 11.6 Å². The molecule has 0 unspecified atom stereocenters. The minimum atomic E-state index is -0.274. The third-order valence-corrected chi connectivity index (χ3v) is 3.05. The molecule has 7 heteroatoms. The van der Waals surface area contributed by atoms with Gasteiger partial charge in [-0.3, -0.25) is 4.79 Å². The van der Waals surface area contributed by atoms with Crippen molar-refractivity contribution in [2.24, 2.45) is 0 Å². The van der Waals surface area contributed by atoms with Crippen LogP contribution in [0.15, 0.2) is 36.7 Å². The third-order valence-electron chi connectivity index (χ3n) is 3.05. The average molecular weight is 316 g/mol. The number of nitrogens with zero attached hydrogens (tertiary/aromatic N) is 2. The summed E-state index contributed by atoms with van der Waals surface area (Å²) >= 11 is 0. The molecular formula is C16H20N4O3. The lowest BCUT2D eigenvalue weighted by atomic mass is 10.2. The van der Waals surface area contributed by atoms with E-state index in [-0.39, 0.29) is 5.91 Å². The van der Waals surface area contributed by atoms with E-state index in [0.717, 1.165) is 6.42 Å². The highest BCUT2D eigenvalue weighted by Crippen LogP contribution is 2.17. The van der Waals surface area contributed by atoms with E-state index < -0.39 is 0 Å². The van der Waals surface area contributed by atoms with E-state index in [1.54, 1.807) is 32.4 Å². The van der Waals surface area contributed by atoms with Gasteiger partial charge in [0.2, 0.25) is 5.95 Å². The lowest BCUT2D eigenvalue weighted by Crippen LogP contribution is -2.14. The van der Waals surface area contributed by atoms with Crippen molar-refractivity contribution in [1.82, 2.24) is 9.97 Å². The van der Waals surface area contributed by atoms with Crippen LogP contribution in [0.1, 0.15) is 16.8 Å². The van der Waals surface area contributed by atoms with Gasteiger partial charge in [0.05, 0.1) is 12.7 Å². The minimum absolute atomic E-state index is 0.274. The summed E-state index contributed by atoms with van der Waals surface area (Å²) in [5.74, 6) is 0.887. The van der Waals surface area contributed by atoms with Crippen LogP contribution < -0.4 is 15.4 Å². The number of aromatic nitrogens is 2. The summed E-state index contributed by atoms with van der Waals surface area (Å²) in [6.07, 6.45) is 3.83. The maximum Gasteiger partial charge on any atom is 0.258 e. The summed E-state index contributed by atoms with van der Waals surface area (Å²) in [6.45, 7) is 1.39. The van der Waals surface area contributed by atoms with E-state index in [1.165, 1.54) is 12.4 Å². The second kappa shape index (κ2) is 8.70. The fourth-order valence-electron chi connectivity index (χ4n) is 1.86. The summed E-state index contributed by atoms with van der Waals surface area (Å²) in [5.41, 5.74) is 1.03. The smallest absolute Gasteiger partial charge is 0.258 e. The van der Waals surface area contributed by atoms with Crippen molar-refractivity contribution in [2.45, 2.75) is 6.42 Å². The highest BCUT2D eigenvalue weighted by molar-refractivity contribution is 6.03. The van der Waals surface area contributed by atoms with Crippen LogP contribution in [-0.4, -0.2) is 43.2 Å². The summed E-state index contributed by atoms with van der Waals surface area (Å²) in [4.78, 5) is 20.4. The van der Waals surface area contributed by atoms with Crippen molar-refractivity contribution in [1.29, 1.82) is 0 Å². The van der Waals surface area contributed by atoms with Gasteiger partial charge in [0.1, 0.15) is 5.75 Å². The lowest BCUT2D eigenvalue weighted by Gasteiger charge is -2.07. The summed E-state index contributed by atoms with van der Waals surface area (Å²) in [5, 5.41) is 5.84. The van der Waals surface area contributed by atoms with Crippen molar-refractivity contribution in [2.75, 3.05) is 38.0 Å². The Morgan fingerprint density at radius 3 is 2.70 bits per heavy atom. The van der Waals surface area contributed by atoms with Crippen LogP contribution in [0.25, 0.3) is 0 Å². The molecule has 1 amide bonds. The molecule has 23 heavy (non-hydrogen) atoms. The molecule has 0 aliphatic rings. The summed E-state index contributed by atoms with van der Waals surface area (Å²) in [7, 11) is 3.24. The monoisotopic (exact) mass is 316 g/mol. The predicted octanol–water partition coefficient (Wildman–Crippen LogP) is 2.19. The van der Waals surface area contributed by atoms with Crippen LogP contribution in [0.5, 0.6) is 5.75 Å². The average Bonchev–Trinajstić information content (AvgIpc) is 2.59. The highest BCUT2D eigenvalue weighted by atomic mass is 16.5. The molecule has 0 aliphatic heterocycles. The number of anilines is 2. The van der Waals surface area contributed by atoms with Gasteiger partial charge in [-0.25, -0.2) is 9.97 Å². The Hall–Kier alpha value is -2.67. The lowest BCUT2D eigenvalue weighted by molar-refractivity contribution is 0.102. The first kappa shape index (κ1) is 16.7. The third kappa shape index (κ3) is 5.23. The standard InChI is InChI=1S/C16H20N4O3/c1-22-8-4-7-17-16-18-10-12(11-19-16)15(21)20-13-5-3-6-14(9-13)23-2/h3,5-6,9-11H,4,7-8H2,1-2H3,(H,20,21)(H,17,18,19). The molecule has 2 aromatic rings. The maximum atomic E-state index is 12.2. The Morgan fingerprint density at radius 2 is 2.00 bits per heavy atom. The number of nitrogens with one attached hydrogen (secondary N) is 2. The minimum Gasteiger partial charge on any atom is -0.497 e. The van der Waals surface area contributed by atoms with Crippen molar-refractivity contribution >= 4 is 17.5 Å². The molecule has 122 valence electrons. The van der Waals surface area contributed by atoms with Crippen LogP contribution in [0.3, 0.4) is 0 Å². The zero-order valence-electron chi connectivity index (χ0n) is 13.2. The predicted molar refractivity (Wildman–Crippen MR) is 88.0 cm³/mol. The zero-order valence-corrected chi connectivity index (χ0v) is 13.2. The van der Waals surface area contributed by atoms with Gasteiger partial charge in [0.25, 0.3) is 5.91 Å². The Kier molecular flexibility index (Phi) is 6.31. The van der Waals surface area contributed by atoms with E-state index in [1.807, 2.05) is 6.07 Å². The van der Waals surface area contributed by atoms with Crippen LogP contribution in [0, 0.1) is 0 Å². The van der Waals surface area contributed by atoms with Crippen molar-refractivity contribution in [3.8, 4) is 5.75 Å². The number of ether oxygens (including phenoxy) is 2. The van der Waals surface area contributed by atoms with E-state index >= 15 is 0 Å². The molecule has 0 spiro atoms. The van der Waals surface area contributed by atoms with Gasteiger partial charge in [-0.2, -0.15) is 0 Å². The molecule has 0 saturated carbocycles. The molecule has 1 aromatic heterocycles. The Bertz CT molecular complexity index is 631. The van der Waals surface area contributed by atoms with E-state index in [0.29, 0.717) is 36.1 Å². The number of benzene rings is 1. The van der Waals surface area contributed by atoms with Crippen LogP contribution in [-0.2, 0) is 4.74 Å². The fourth-order valence-corrected chi connectivity index (χ4v) is 1.86. The summed E-state index contributed by atoms with van der Waals surface area (Å²) < 4.78 is 10.1. The first-order valence-electron chi connectivity index (χ1n) is 7.23. The van der Waals surface area contributed by atoms with Crippen LogP contribution in [0.2, 0.25) is 0 Å². The quantitative estimate of drug-likeness (QED) is 0.726. The number of hydrogen-bond acceptors (Lipinski definition) is 6. The fraction of sp³-hybridized carbons (Fsp3) is 0.312. The van der Waals surface area contributed by atoms with Crippen LogP contribution >= 0.6 is 0 Å². The molecule has 7 nitrogen and oxygen atoms in total. The molecule has 1 aromatic carbocycles. The molecule has 0 bridgehead atoms. The van der Waals surface area contributed by atoms with Gasteiger partial charge in [0.15, 0.2) is 0 Å². The number of carbonyl (C=O) groups is 1. The zero-order chi connectivity index (χ0) is 16.5. The van der Waals surface area contributed by atoms with Gasteiger partial charge in [-0.05, 0) is 18.6 Å². The second-order valence-electron chi connectivity index (χ2n) is 4.75. The van der Waals surface area contributed by atoms with Gasteiger partial charge in [-0.1, -0.05) is 6.07 Å². The molecule has 0 saturated heterocycles. The molecule has 0 aliphatic carbocycles. The van der Waals surface area contributed by atoms with Gasteiger partial charge >= 0.3 is 0 Å². The second-order valence-corrected chi connectivity index (χ2v) is 4.75. The molecule has 1 heterocycles. The number of methoxy groups -OCH3 is 2. The Balaban J connectivity index is 1.91. The van der Waals surface area contributed by atoms with Gasteiger partial charge in [-0.15, -0.1) is 0 Å². The molecule has 2 rings (SSSR count). The normalized spacial score (nSPS) is 10.2. The molecular weight excluding hydrogens is 296 g/mol. The van der Waals surface area contributed by atoms with Crippen molar-refractivity contribution < 1.29 is 14.3 Å². The van der Waals surface area contributed by atoms with Crippen molar-refractivity contribution in [3.05, 3.63) is 42.2 Å². The number of carbonyl (C=O) groups excluding carboxylic acids is 1. The van der Waals surface area contributed by atoms with E-state index in [2.05, 4.69) is 20.6 Å². The number of hydrogen-bond donors (Lipinski definition) is 2. The Morgan fingerprint density at radius 1 is 1.22 bits per heavy atom. The maximum absolute atomic E-state index is 12.2. The molecule has 0 fully saturated rings. The number of rotatable bonds is 8. The molecule has 0 radical (unpaired) electrons.